The van der Waals surface area contributed by atoms with E-state index in [0.29, 0.717) is 5.25 Å². The fourth-order valence-corrected chi connectivity index (χ4v) is 3.16. The van der Waals surface area contributed by atoms with Gasteiger partial charge in [0.2, 0.25) is 0 Å². The Balaban J connectivity index is 2.13. The third-order valence-corrected chi connectivity index (χ3v) is 3.76. The highest BCUT2D eigenvalue weighted by Gasteiger charge is 2.42. The summed E-state index contributed by atoms with van der Waals surface area (Å²) < 4.78 is 5.00. The number of hydrogen-bond acceptors (Lipinski definition) is 4. The highest BCUT2D eigenvalue weighted by atomic mass is 32.2. The smallest absolute Gasteiger partial charge is 0.404 e. The van der Waals surface area contributed by atoms with E-state index in [0.717, 1.165) is 0 Å². The van der Waals surface area contributed by atoms with Crippen LogP contribution in [-0.4, -0.2) is 22.8 Å². The van der Waals surface area contributed by atoms with Gasteiger partial charge in [-0.2, -0.15) is 0 Å². The molecular formula is C9H12N2O2S. The topological polar surface area (TPSA) is 78.3 Å². The second kappa shape index (κ2) is 3.67. The van der Waals surface area contributed by atoms with Crippen molar-refractivity contribution < 1.29 is 9.53 Å². The second-order valence-corrected chi connectivity index (χ2v) is 4.67. The number of amides is 1. The lowest BCUT2D eigenvalue weighted by Crippen LogP contribution is -2.37. The molecule has 5 heteroatoms. The number of carbonyl (C=O) groups excluding carboxylic acids is 1. The van der Waals surface area contributed by atoms with Gasteiger partial charge in [0, 0.05) is 11.2 Å². The first-order chi connectivity index (χ1) is 6.68. The first-order valence-corrected chi connectivity index (χ1v) is 5.35. The number of primary amides is 1. The molecule has 1 fully saturated rings. The molecule has 0 radical (unpaired) electrons. The zero-order valence-electron chi connectivity index (χ0n) is 7.50. The summed E-state index contributed by atoms with van der Waals surface area (Å²) in [6, 6.07) is 0. The molecule has 0 aromatic rings. The molecule has 0 saturated carbocycles. The minimum atomic E-state index is -0.755. The molecule has 4 nitrogen and oxygen atoms in total. The third kappa shape index (κ3) is 1.65. The molecular weight excluding hydrogens is 200 g/mol. The third-order valence-electron chi connectivity index (χ3n) is 2.39. The van der Waals surface area contributed by atoms with E-state index < -0.39 is 6.09 Å². The Bertz CT molecular complexity index is 303. The number of nitrogens with two attached hydrogens (primary N) is 2. The van der Waals surface area contributed by atoms with Crippen LogP contribution in [0.1, 0.15) is 0 Å². The van der Waals surface area contributed by atoms with Gasteiger partial charge < -0.3 is 16.2 Å². The summed E-state index contributed by atoms with van der Waals surface area (Å²) in [5, 5.41) is 0.115. The SMILES string of the molecule is NC(=O)OC1C(N)SC2C=CC=CC21. The Morgan fingerprint density at radius 3 is 2.79 bits per heavy atom. The van der Waals surface area contributed by atoms with Crippen molar-refractivity contribution in [2.45, 2.75) is 16.7 Å². The summed E-state index contributed by atoms with van der Waals surface area (Å²) in [6.45, 7) is 0. The summed E-state index contributed by atoms with van der Waals surface area (Å²) >= 11 is 1.61. The van der Waals surface area contributed by atoms with E-state index in [9.17, 15) is 4.79 Å². The molecule has 1 amide bonds. The van der Waals surface area contributed by atoms with E-state index in [1.165, 1.54) is 0 Å². The number of ether oxygens (including phenoxy) is 1. The Morgan fingerprint density at radius 1 is 1.36 bits per heavy atom. The first-order valence-electron chi connectivity index (χ1n) is 4.40. The van der Waals surface area contributed by atoms with Gasteiger partial charge in [0.15, 0.2) is 0 Å². The minimum absolute atomic E-state index is 0.160. The van der Waals surface area contributed by atoms with Gasteiger partial charge in [-0.15, -0.1) is 11.8 Å². The molecule has 2 aliphatic rings. The zero-order valence-corrected chi connectivity index (χ0v) is 8.31. The number of fused-ring (bicyclic) bond motifs is 1. The lowest BCUT2D eigenvalue weighted by Gasteiger charge is -2.21. The van der Waals surface area contributed by atoms with Crippen molar-refractivity contribution in [3.05, 3.63) is 24.3 Å². The molecule has 2 rings (SSSR count). The summed E-state index contributed by atoms with van der Waals surface area (Å²) in [4.78, 5) is 10.7. The van der Waals surface area contributed by atoms with Crippen LogP contribution in [0.5, 0.6) is 0 Å². The molecule has 1 aliphatic carbocycles. The molecule has 4 unspecified atom stereocenters. The molecule has 0 aromatic heterocycles. The highest BCUT2D eigenvalue weighted by Crippen LogP contribution is 2.40. The van der Waals surface area contributed by atoms with Crippen molar-refractivity contribution >= 4 is 17.9 Å². The maximum atomic E-state index is 10.7. The van der Waals surface area contributed by atoms with Gasteiger partial charge in [0.1, 0.15) is 6.10 Å². The molecule has 0 spiro atoms. The highest BCUT2D eigenvalue weighted by molar-refractivity contribution is 8.01. The van der Waals surface area contributed by atoms with Crippen molar-refractivity contribution in [1.29, 1.82) is 0 Å². The van der Waals surface area contributed by atoms with E-state index >= 15 is 0 Å². The van der Waals surface area contributed by atoms with Crippen LogP contribution in [0.4, 0.5) is 4.79 Å². The van der Waals surface area contributed by atoms with Gasteiger partial charge in [-0.25, -0.2) is 4.79 Å². The van der Waals surface area contributed by atoms with Crippen molar-refractivity contribution in [2.75, 3.05) is 0 Å². The van der Waals surface area contributed by atoms with Crippen LogP contribution in [0, 0.1) is 5.92 Å². The lowest BCUT2D eigenvalue weighted by atomic mass is 9.94. The Kier molecular flexibility index (Phi) is 2.52. The minimum Gasteiger partial charge on any atom is -0.443 e. The molecule has 4 atom stereocenters. The fourth-order valence-electron chi connectivity index (χ4n) is 1.79. The number of thioether (sulfide) groups is 1. The Hall–Kier alpha value is -0.940. The quantitative estimate of drug-likeness (QED) is 0.667. The van der Waals surface area contributed by atoms with Gasteiger partial charge >= 0.3 is 6.09 Å². The fraction of sp³-hybridized carbons (Fsp3) is 0.444. The maximum absolute atomic E-state index is 10.7. The maximum Gasteiger partial charge on any atom is 0.404 e. The average molecular weight is 212 g/mol. The van der Waals surface area contributed by atoms with Crippen LogP contribution in [0.2, 0.25) is 0 Å². The monoisotopic (exact) mass is 212 g/mol. The van der Waals surface area contributed by atoms with E-state index in [4.69, 9.17) is 16.2 Å². The normalized spacial score (nSPS) is 39.5. The number of allylic oxidation sites excluding steroid dienone is 2. The van der Waals surface area contributed by atoms with Crippen molar-refractivity contribution in [2.24, 2.45) is 17.4 Å². The second-order valence-electron chi connectivity index (χ2n) is 3.31. The van der Waals surface area contributed by atoms with Crippen LogP contribution >= 0.6 is 11.8 Å². The number of carbonyl (C=O) groups is 1. The Morgan fingerprint density at radius 2 is 2.07 bits per heavy atom. The standard InChI is InChI=1S/C9H12N2O2S/c10-8-7(13-9(11)12)5-3-1-2-4-6(5)14-8/h1-8H,10H2,(H2,11,12). The van der Waals surface area contributed by atoms with Crippen LogP contribution < -0.4 is 11.5 Å². The van der Waals surface area contributed by atoms with Crippen LogP contribution in [0.25, 0.3) is 0 Å². The van der Waals surface area contributed by atoms with Gasteiger partial charge in [-0.3, -0.25) is 0 Å². The summed E-state index contributed by atoms with van der Waals surface area (Å²) in [5.41, 5.74) is 10.8. The van der Waals surface area contributed by atoms with Crippen LogP contribution in [-0.2, 0) is 4.74 Å². The predicted octanol–water partition coefficient (Wildman–Crippen LogP) is 0.593. The molecule has 1 saturated heterocycles. The van der Waals surface area contributed by atoms with E-state index in [-0.39, 0.29) is 17.4 Å². The van der Waals surface area contributed by atoms with Crippen molar-refractivity contribution in [3.63, 3.8) is 0 Å². The average Bonchev–Trinajstić information content (AvgIpc) is 2.43. The molecule has 1 heterocycles. The van der Waals surface area contributed by atoms with Crippen LogP contribution in [0.15, 0.2) is 24.3 Å². The molecule has 4 N–H and O–H groups in total. The largest absolute Gasteiger partial charge is 0.443 e. The van der Waals surface area contributed by atoms with Gasteiger partial charge in [-0.1, -0.05) is 24.3 Å². The van der Waals surface area contributed by atoms with E-state index in [1.807, 2.05) is 18.2 Å². The first kappa shape index (κ1) is 9.61. The van der Waals surface area contributed by atoms with Gasteiger partial charge in [0.25, 0.3) is 0 Å². The summed E-state index contributed by atoms with van der Waals surface area (Å²) in [7, 11) is 0. The zero-order chi connectivity index (χ0) is 10.1. The molecule has 76 valence electrons. The summed E-state index contributed by atoms with van der Waals surface area (Å²) in [6.07, 6.45) is 6.95. The molecule has 0 bridgehead atoms. The molecule has 0 aromatic carbocycles. The van der Waals surface area contributed by atoms with Gasteiger partial charge in [0.05, 0.1) is 5.37 Å². The molecule has 1 aliphatic heterocycles. The van der Waals surface area contributed by atoms with E-state index in [2.05, 4.69) is 6.08 Å². The summed E-state index contributed by atoms with van der Waals surface area (Å²) in [5.74, 6) is 0.160. The molecule has 14 heavy (non-hydrogen) atoms. The number of rotatable bonds is 1. The van der Waals surface area contributed by atoms with Crippen LogP contribution in [0.3, 0.4) is 0 Å². The Labute approximate surface area is 86.3 Å². The van der Waals surface area contributed by atoms with E-state index in [1.54, 1.807) is 11.8 Å². The van der Waals surface area contributed by atoms with Crippen molar-refractivity contribution in [1.82, 2.24) is 0 Å². The predicted molar refractivity (Wildman–Crippen MR) is 55.6 cm³/mol. The lowest BCUT2D eigenvalue weighted by molar-refractivity contribution is 0.0882. The van der Waals surface area contributed by atoms with Gasteiger partial charge in [-0.05, 0) is 0 Å². The van der Waals surface area contributed by atoms with Crippen molar-refractivity contribution in [3.8, 4) is 0 Å². The number of hydrogen-bond donors (Lipinski definition) is 2.